The van der Waals surface area contributed by atoms with Crippen LogP contribution in [0.15, 0.2) is 54.9 Å². The quantitative estimate of drug-likeness (QED) is 0.516. The van der Waals surface area contributed by atoms with E-state index in [1.54, 1.807) is 36.3 Å². The Hall–Kier alpha value is -4.22. The average molecular weight is 503 g/mol. The average Bonchev–Trinajstić information content (AvgIpc) is 2.88. The van der Waals surface area contributed by atoms with Gasteiger partial charge in [-0.2, -0.15) is 0 Å². The molecular weight excluding hydrogens is 479 g/mol. The Bertz CT molecular complexity index is 1200. The number of alkyl halides is 3. The van der Waals surface area contributed by atoms with E-state index in [-0.39, 0.29) is 11.7 Å². The monoisotopic (exact) mass is 503 g/mol. The fraction of sp³-hybridized carbons (Fsp3) is 0.292. The highest BCUT2D eigenvalue weighted by molar-refractivity contribution is 5.97. The van der Waals surface area contributed by atoms with E-state index in [1.807, 2.05) is 4.90 Å². The van der Waals surface area contributed by atoms with E-state index in [0.29, 0.717) is 60.6 Å². The number of piperazine rings is 1. The Labute approximate surface area is 205 Å². The molecule has 0 radical (unpaired) electrons. The van der Waals surface area contributed by atoms with Gasteiger partial charge in [-0.25, -0.2) is 9.97 Å². The Kier molecular flexibility index (Phi) is 7.32. The van der Waals surface area contributed by atoms with Crippen LogP contribution in [0.2, 0.25) is 0 Å². The van der Waals surface area contributed by atoms with Crippen LogP contribution >= 0.6 is 0 Å². The van der Waals surface area contributed by atoms with Crippen molar-refractivity contribution in [1.82, 2.24) is 14.9 Å². The smallest absolute Gasteiger partial charge is 0.497 e. The first-order valence-corrected chi connectivity index (χ1v) is 11.0. The minimum atomic E-state index is -4.74. The van der Waals surface area contributed by atoms with Gasteiger partial charge in [0.1, 0.15) is 35.2 Å². The summed E-state index contributed by atoms with van der Waals surface area (Å²) in [5.41, 5.74) is 1.00. The molecule has 0 saturated carbocycles. The Morgan fingerprint density at radius 2 is 1.61 bits per heavy atom. The fourth-order valence-electron chi connectivity index (χ4n) is 3.76. The van der Waals surface area contributed by atoms with Gasteiger partial charge in [0.25, 0.3) is 5.91 Å². The van der Waals surface area contributed by atoms with Gasteiger partial charge in [0.2, 0.25) is 0 Å². The molecule has 1 aliphatic heterocycles. The first kappa shape index (κ1) is 24.9. The van der Waals surface area contributed by atoms with E-state index >= 15 is 0 Å². The number of ether oxygens (including phenoxy) is 3. The zero-order valence-electron chi connectivity index (χ0n) is 19.6. The molecule has 36 heavy (non-hydrogen) atoms. The van der Waals surface area contributed by atoms with Crippen LogP contribution < -0.4 is 24.4 Å². The number of nitrogens with one attached hydrogen (secondary N) is 1. The van der Waals surface area contributed by atoms with Crippen LogP contribution in [0.4, 0.5) is 30.5 Å². The number of hydrogen-bond donors (Lipinski definition) is 1. The van der Waals surface area contributed by atoms with Gasteiger partial charge < -0.3 is 29.3 Å². The van der Waals surface area contributed by atoms with Gasteiger partial charge in [0.05, 0.1) is 19.8 Å². The molecule has 1 fully saturated rings. The summed E-state index contributed by atoms with van der Waals surface area (Å²) < 4.78 is 51.4. The van der Waals surface area contributed by atoms with Crippen molar-refractivity contribution in [3.05, 3.63) is 60.4 Å². The standard InChI is InChI=1S/C24H24F3N5O4/c1-34-18-7-8-19(20(13-18)35-2)23(33)32-11-9-31(10-12-32)22-14-21(28-15-29-22)30-16-3-5-17(6-4-16)36-24(25,26)27/h3-8,13-15H,9-12H2,1-2H3,(H,28,29,30). The first-order valence-electron chi connectivity index (χ1n) is 11.0. The molecule has 1 aromatic heterocycles. The Balaban J connectivity index is 1.37. The topological polar surface area (TPSA) is 89.1 Å². The van der Waals surface area contributed by atoms with E-state index in [4.69, 9.17) is 9.47 Å². The molecule has 0 bridgehead atoms. The molecule has 0 spiro atoms. The number of rotatable bonds is 7. The van der Waals surface area contributed by atoms with Crippen molar-refractivity contribution < 1.29 is 32.2 Å². The molecule has 1 aliphatic rings. The summed E-state index contributed by atoms with van der Waals surface area (Å²) in [6.07, 6.45) is -3.34. The summed E-state index contributed by atoms with van der Waals surface area (Å²) in [7, 11) is 3.06. The number of benzene rings is 2. The van der Waals surface area contributed by atoms with Crippen LogP contribution in [0.3, 0.4) is 0 Å². The first-order chi connectivity index (χ1) is 17.3. The van der Waals surface area contributed by atoms with Crippen LogP contribution in [-0.2, 0) is 0 Å². The molecule has 1 amide bonds. The van der Waals surface area contributed by atoms with Gasteiger partial charge >= 0.3 is 6.36 Å². The van der Waals surface area contributed by atoms with Crippen LogP contribution in [0, 0.1) is 0 Å². The summed E-state index contributed by atoms with van der Waals surface area (Å²) in [5.74, 6) is 1.76. The zero-order valence-corrected chi connectivity index (χ0v) is 19.6. The summed E-state index contributed by atoms with van der Waals surface area (Å²) in [6, 6.07) is 12.2. The summed E-state index contributed by atoms with van der Waals surface area (Å²) in [6.45, 7) is 2.09. The highest BCUT2D eigenvalue weighted by Crippen LogP contribution is 2.28. The SMILES string of the molecule is COc1ccc(C(=O)N2CCN(c3cc(Nc4ccc(OC(F)(F)F)cc4)ncn3)CC2)c(OC)c1. The number of methoxy groups -OCH3 is 2. The molecule has 0 unspecified atom stereocenters. The molecule has 190 valence electrons. The molecule has 4 rings (SSSR count). The van der Waals surface area contributed by atoms with Crippen LogP contribution in [-0.4, -0.2) is 67.5 Å². The van der Waals surface area contributed by atoms with Crippen molar-refractivity contribution in [3.8, 4) is 17.2 Å². The van der Waals surface area contributed by atoms with Crippen molar-refractivity contribution in [3.63, 3.8) is 0 Å². The number of carbonyl (C=O) groups excluding carboxylic acids is 1. The van der Waals surface area contributed by atoms with Crippen molar-refractivity contribution in [2.24, 2.45) is 0 Å². The molecule has 2 heterocycles. The minimum Gasteiger partial charge on any atom is -0.497 e. The molecule has 0 aliphatic carbocycles. The summed E-state index contributed by atoms with van der Waals surface area (Å²) >= 11 is 0. The fourth-order valence-corrected chi connectivity index (χ4v) is 3.76. The summed E-state index contributed by atoms with van der Waals surface area (Å²) in [4.78, 5) is 25.4. The number of anilines is 3. The highest BCUT2D eigenvalue weighted by atomic mass is 19.4. The van der Waals surface area contributed by atoms with E-state index in [0.717, 1.165) is 0 Å². The number of halogens is 3. The number of hydrogen-bond acceptors (Lipinski definition) is 8. The predicted octanol–water partition coefficient (Wildman–Crippen LogP) is 4.10. The maximum atomic E-state index is 13.1. The minimum absolute atomic E-state index is 0.128. The summed E-state index contributed by atoms with van der Waals surface area (Å²) in [5, 5.41) is 3.04. The van der Waals surface area contributed by atoms with Gasteiger partial charge in [0.15, 0.2) is 0 Å². The number of aromatic nitrogens is 2. The van der Waals surface area contributed by atoms with Gasteiger partial charge in [-0.15, -0.1) is 13.2 Å². The third-order valence-corrected chi connectivity index (χ3v) is 5.54. The lowest BCUT2D eigenvalue weighted by atomic mass is 10.1. The molecule has 1 saturated heterocycles. The van der Waals surface area contributed by atoms with Gasteiger partial charge in [-0.1, -0.05) is 0 Å². The van der Waals surface area contributed by atoms with Crippen molar-refractivity contribution in [1.29, 1.82) is 0 Å². The molecule has 2 aromatic carbocycles. The van der Waals surface area contributed by atoms with E-state index in [2.05, 4.69) is 20.0 Å². The van der Waals surface area contributed by atoms with E-state index in [9.17, 15) is 18.0 Å². The number of amides is 1. The zero-order chi connectivity index (χ0) is 25.7. The second-order valence-corrected chi connectivity index (χ2v) is 7.80. The van der Waals surface area contributed by atoms with Gasteiger partial charge in [0, 0.05) is 44.0 Å². The number of carbonyl (C=O) groups is 1. The molecule has 1 N–H and O–H groups in total. The van der Waals surface area contributed by atoms with E-state index < -0.39 is 6.36 Å². The molecule has 9 nitrogen and oxygen atoms in total. The highest BCUT2D eigenvalue weighted by Gasteiger charge is 2.31. The molecule has 12 heteroatoms. The third-order valence-electron chi connectivity index (χ3n) is 5.54. The van der Waals surface area contributed by atoms with Crippen molar-refractivity contribution in [2.75, 3.05) is 50.6 Å². The molecule has 3 aromatic rings. The second kappa shape index (κ2) is 10.6. The van der Waals surface area contributed by atoms with Crippen molar-refractivity contribution in [2.45, 2.75) is 6.36 Å². The largest absolute Gasteiger partial charge is 0.573 e. The molecular formula is C24H24F3N5O4. The lowest BCUT2D eigenvalue weighted by Crippen LogP contribution is -2.49. The van der Waals surface area contributed by atoms with Gasteiger partial charge in [-0.05, 0) is 36.4 Å². The van der Waals surface area contributed by atoms with E-state index in [1.165, 1.54) is 37.7 Å². The normalized spacial score (nSPS) is 13.8. The maximum Gasteiger partial charge on any atom is 0.573 e. The Morgan fingerprint density at radius 3 is 2.25 bits per heavy atom. The van der Waals surface area contributed by atoms with Crippen LogP contribution in [0.5, 0.6) is 17.2 Å². The van der Waals surface area contributed by atoms with Crippen LogP contribution in [0.1, 0.15) is 10.4 Å². The predicted molar refractivity (Wildman–Crippen MR) is 126 cm³/mol. The lowest BCUT2D eigenvalue weighted by Gasteiger charge is -2.35. The van der Waals surface area contributed by atoms with Crippen molar-refractivity contribution >= 4 is 23.2 Å². The lowest BCUT2D eigenvalue weighted by molar-refractivity contribution is -0.274. The van der Waals surface area contributed by atoms with Crippen LogP contribution in [0.25, 0.3) is 0 Å². The third kappa shape index (κ3) is 6.06. The Morgan fingerprint density at radius 1 is 0.917 bits per heavy atom. The van der Waals surface area contributed by atoms with Gasteiger partial charge in [-0.3, -0.25) is 4.79 Å². The molecule has 0 atom stereocenters. The number of nitrogens with zero attached hydrogens (tertiary/aromatic N) is 4. The maximum absolute atomic E-state index is 13.1. The second-order valence-electron chi connectivity index (χ2n) is 7.80.